The molecule has 1 aliphatic heterocycles. The predicted molar refractivity (Wildman–Crippen MR) is 108 cm³/mol. The third-order valence-electron chi connectivity index (χ3n) is 3.90. The Kier molecular flexibility index (Phi) is 6.85. The van der Waals surface area contributed by atoms with Gasteiger partial charge in [0.05, 0.1) is 11.0 Å². The van der Waals surface area contributed by atoms with E-state index in [1.165, 1.54) is 23.0 Å². The molecule has 7 nitrogen and oxygen atoms in total. The highest BCUT2D eigenvalue weighted by Crippen LogP contribution is 2.42. The summed E-state index contributed by atoms with van der Waals surface area (Å²) in [5.74, 6) is 0.0861. The zero-order valence-electron chi connectivity index (χ0n) is 15.0. The van der Waals surface area contributed by atoms with E-state index in [1.807, 2.05) is 20.8 Å². The predicted octanol–water partition coefficient (Wildman–Crippen LogP) is 3.37. The first kappa shape index (κ1) is 20.5. The summed E-state index contributed by atoms with van der Waals surface area (Å²) in [6.45, 7) is 6.27. The first-order valence-electron chi connectivity index (χ1n) is 8.38. The minimum atomic E-state index is -0.774. The number of hydrazone groups is 1. The van der Waals surface area contributed by atoms with Gasteiger partial charge in [-0.15, -0.1) is 0 Å². The number of hydroxylamine groups is 2. The molecule has 3 N–H and O–H groups in total. The van der Waals surface area contributed by atoms with Gasteiger partial charge in [-0.25, -0.2) is 9.80 Å². The maximum atomic E-state index is 12.3. The number of rotatable bonds is 6. The van der Waals surface area contributed by atoms with Crippen LogP contribution in [-0.2, 0) is 0 Å². The second kappa shape index (κ2) is 8.70. The fourth-order valence-corrected chi connectivity index (χ4v) is 4.30. The molecular weight excluding hydrogens is 372 g/mol. The van der Waals surface area contributed by atoms with Gasteiger partial charge in [0.15, 0.2) is 10.5 Å². The molecule has 1 atom stereocenters. The Morgan fingerprint density at radius 1 is 1.50 bits per heavy atom. The normalized spacial score (nSPS) is 19.2. The fourth-order valence-electron chi connectivity index (χ4n) is 2.51. The van der Waals surface area contributed by atoms with E-state index in [1.54, 1.807) is 24.3 Å². The van der Waals surface area contributed by atoms with Crippen LogP contribution in [0.3, 0.4) is 0 Å². The molecule has 0 bridgehead atoms. The highest BCUT2D eigenvalue weighted by Gasteiger charge is 2.49. The van der Waals surface area contributed by atoms with Crippen LogP contribution in [0.2, 0.25) is 0 Å². The SMILES string of the molecule is CCCCNC(=O)N(O)C1N(N=Cc2ccccc2O)C(=S)SC1(C)C. The van der Waals surface area contributed by atoms with E-state index in [-0.39, 0.29) is 5.75 Å². The molecule has 0 aliphatic carbocycles. The molecule has 2 amide bonds. The van der Waals surface area contributed by atoms with Crippen LogP contribution in [0.5, 0.6) is 5.75 Å². The summed E-state index contributed by atoms with van der Waals surface area (Å²) in [6.07, 6.45) is 2.45. The number of thioether (sulfide) groups is 1. The van der Waals surface area contributed by atoms with Crippen molar-refractivity contribution in [2.75, 3.05) is 6.54 Å². The minimum absolute atomic E-state index is 0.0861. The number of carbonyl (C=O) groups is 1. The Balaban J connectivity index is 2.21. The number of unbranched alkanes of at least 4 members (excludes halogenated alkanes) is 1. The van der Waals surface area contributed by atoms with Crippen LogP contribution in [0.25, 0.3) is 0 Å². The Bertz CT molecular complexity index is 696. The molecule has 1 aromatic carbocycles. The van der Waals surface area contributed by atoms with Crippen molar-refractivity contribution in [3.05, 3.63) is 29.8 Å². The molecule has 1 saturated heterocycles. The number of hydrogen-bond acceptors (Lipinski definition) is 6. The van der Waals surface area contributed by atoms with Gasteiger partial charge in [-0.05, 0) is 32.4 Å². The van der Waals surface area contributed by atoms with Crippen molar-refractivity contribution in [1.29, 1.82) is 0 Å². The van der Waals surface area contributed by atoms with E-state index >= 15 is 0 Å². The quantitative estimate of drug-likeness (QED) is 0.225. The number of nitrogens with one attached hydrogen (secondary N) is 1. The molecule has 1 heterocycles. The number of phenolic OH excluding ortho intramolecular Hbond substituents is 1. The van der Waals surface area contributed by atoms with Gasteiger partial charge < -0.3 is 10.4 Å². The number of thiocarbonyl (C=S) groups is 1. The van der Waals surface area contributed by atoms with Crippen molar-refractivity contribution < 1.29 is 15.1 Å². The van der Waals surface area contributed by atoms with E-state index in [4.69, 9.17) is 12.2 Å². The molecule has 26 heavy (non-hydrogen) atoms. The van der Waals surface area contributed by atoms with E-state index in [0.29, 0.717) is 21.5 Å². The minimum Gasteiger partial charge on any atom is -0.507 e. The van der Waals surface area contributed by atoms with Gasteiger partial charge in [0.2, 0.25) is 0 Å². The molecule has 142 valence electrons. The number of phenols is 1. The number of hydrogen-bond donors (Lipinski definition) is 3. The standard InChI is InChI=1S/C17H24N4O3S2/c1-4-5-10-18-15(23)21(24)14-17(2,3)26-16(25)20(14)19-11-12-8-6-7-9-13(12)22/h6-9,11,14,22,24H,4-5,10H2,1-3H3,(H,18,23). The molecule has 0 spiro atoms. The third-order valence-corrected chi connectivity index (χ3v) is 5.43. The summed E-state index contributed by atoms with van der Waals surface area (Å²) in [5.41, 5.74) is 0.514. The summed E-state index contributed by atoms with van der Waals surface area (Å²) >= 11 is 6.72. The molecule has 1 aromatic rings. The van der Waals surface area contributed by atoms with Crippen LogP contribution >= 0.6 is 24.0 Å². The summed E-state index contributed by atoms with van der Waals surface area (Å²) in [7, 11) is 0. The van der Waals surface area contributed by atoms with Crippen LogP contribution in [0.4, 0.5) is 4.79 Å². The zero-order chi connectivity index (χ0) is 19.3. The largest absolute Gasteiger partial charge is 0.507 e. The number of amides is 2. The van der Waals surface area contributed by atoms with Crippen molar-refractivity contribution >= 4 is 40.5 Å². The smallest absolute Gasteiger partial charge is 0.343 e. The highest BCUT2D eigenvalue weighted by atomic mass is 32.2. The van der Waals surface area contributed by atoms with Crippen LogP contribution in [0, 0.1) is 0 Å². The Labute approximate surface area is 163 Å². The van der Waals surface area contributed by atoms with Crippen LogP contribution < -0.4 is 5.32 Å². The molecule has 1 aliphatic rings. The molecule has 9 heteroatoms. The first-order chi connectivity index (χ1) is 12.3. The van der Waals surface area contributed by atoms with Gasteiger partial charge in [-0.2, -0.15) is 10.2 Å². The molecule has 0 saturated carbocycles. The number of benzene rings is 1. The van der Waals surface area contributed by atoms with Crippen molar-refractivity contribution in [3.63, 3.8) is 0 Å². The van der Waals surface area contributed by atoms with Gasteiger partial charge >= 0.3 is 6.03 Å². The number of aromatic hydroxyl groups is 1. The summed E-state index contributed by atoms with van der Waals surface area (Å²) in [4.78, 5) is 12.3. The third kappa shape index (κ3) is 4.66. The van der Waals surface area contributed by atoms with Crippen LogP contribution in [0.15, 0.2) is 29.4 Å². The summed E-state index contributed by atoms with van der Waals surface area (Å²) in [6, 6.07) is 6.16. The van der Waals surface area contributed by atoms with Crippen molar-refractivity contribution in [1.82, 2.24) is 15.4 Å². The Morgan fingerprint density at radius 3 is 2.85 bits per heavy atom. The van der Waals surface area contributed by atoms with Crippen LogP contribution in [-0.4, -0.2) is 54.4 Å². The first-order valence-corrected chi connectivity index (χ1v) is 9.60. The monoisotopic (exact) mass is 396 g/mol. The second-order valence-corrected chi connectivity index (χ2v) is 8.71. The maximum Gasteiger partial charge on any atom is 0.343 e. The average Bonchev–Trinajstić information content (AvgIpc) is 2.81. The lowest BCUT2D eigenvalue weighted by Crippen LogP contribution is -2.55. The van der Waals surface area contributed by atoms with Crippen molar-refractivity contribution in [3.8, 4) is 5.75 Å². The number of nitrogens with zero attached hydrogens (tertiary/aromatic N) is 3. The lowest BCUT2D eigenvalue weighted by molar-refractivity contribution is -0.118. The molecule has 1 unspecified atom stereocenters. The molecule has 1 fully saturated rings. The van der Waals surface area contributed by atoms with Crippen molar-refractivity contribution in [2.24, 2.45) is 5.10 Å². The summed E-state index contributed by atoms with van der Waals surface area (Å²) in [5, 5.41) is 29.4. The maximum absolute atomic E-state index is 12.3. The van der Waals surface area contributed by atoms with Crippen molar-refractivity contribution in [2.45, 2.75) is 44.5 Å². The van der Waals surface area contributed by atoms with Gasteiger partial charge in [-0.3, -0.25) is 5.21 Å². The fraction of sp³-hybridized carbons (Fsp3) is 0.471. The van der Waals surface area contributed by atoms with Gasteiger partial charge in [0.25, 0.3) is 0 Å². The molecular formula is C17H24N4O3S2. The lowest BCUT2D eigenvalue weighted by atomic mass is 10.1. The number of para-hydroxylation sites is 1. The second-order valence-electron chi connectivity index (χ2n) is 6.42. The van der Waals surface area contributed by atoms with Gasteiger partial charge in [-0.1, -0.05) is 49.5 Å². The molecule has 0 radical (unpaired) electrons. The lowest BCUT2D eigenvalue weighted by Gasteiger charge is -2.34. The molecule has 2 rings (SSSR count). The average molecular weight is 397 g/mol. The Hall–Kier alpha value is -1.84. The van der Waals surface area contributed by atoms with Crippen LogP contribution in [0.1, 0.15) is 39.2 Å². The molecule has 0 aromatic heterocycles. The van der Waals surface area contributed by atoms with Gasteiger partial charge in [0, 0.05) is 12.1 Å². The van der Waals surface area contributed by atoms with E-state index in [2.05, 4.69) is 10.4 Å². The van der Waals surface area contributed by atoms with E-state index < -0.39 is 16.9 Å². The topological polar surface area (TPSA) is 88.4 Å². The highest BCUT2D eigenvalue weighted by molar-refractivity contribution is 8.24. The summed E-state index contributed by atoms with van der Waals surface area (Å²) < 4.78 is -0.128. The number of carbonyl (C=O) groups excluding carboxylic acids is 1. The Morgan fingerprint density at radius 2 is 2.19 bits per heavy atom. The van der Waals surface area contributed by atoms with Gasteiger partial charge in [0.1, 0.15) is 5.75 Å². The van der Waals surface area contributed by atoms with E-state index in [0.717, 1.165) is 12.8 Å². The number of urea groups is 1. The zero-order valence-corrected chi connectivity index (χ0v) is 16.7. The van der Waals surface area contributed by atoms with E-state index in [9.17, 15) is 15.1 Å².